The Kier molecular flexibility index (Phi) is 4.45. The van der Waals surface area contributed by atoms with Gasteiger partial charge >= 0.3 is 0 Å². The molecule has 1 N–H and O–H groups in total. The minimum absolute atomic E-state index is 0.0336. The van der Waals surface area contributed by atoms with E-state index in [0.29, 0.717) is 23.3 Å². The molecular weight excluding hydrogens is 314 g/mol. The maximum atomic E-state index is 14.6. The molecule has 0 fully saturated rings. The zero-order valence-corrected chi connectivity index (χ0v) is 13.9. The lowest BCUT2D eigenvalue weighted by Gasteiger charge is -2.08. The van der Waals surface area contributed by atoms with Crippen LogP contribution in [0.15, 0.2) is 28.7 Å². The van der Waals surface area contributed by atoms with Gasteiger partial charge in [-0.2, -0.15) is 4.39 Å². The standard InChI is InChI=1S/C19H20F2O3/c1-10(2)8-9-23-15-7-6-14-13-5-4-12(11(3)22)16(20)18(13)24-19(14)17(15)21/h4-7,10-11,22H,8-9H2,1-3H3/t11-/m1/s1. The summed E-state index contributed by atoms with van der Waals surface area (Å²) in [4.78, 5) is 0. The molecule has 0 spiro atoms. The molecule has 3 rings (SSSR count). The fourth-order valence-electron chi connectivity index (χ4n) is 2.67. The summed E-state index contributed by atoms with van der Waals surface area (Å²) >= 11 is 0. The van der Waals surface area contributed by atoms with Gasteiger partial charge in [-0.15, -0.1) is 0 Å². The highest BCUT2D eigenvalue weighted by molar-refractivity contribution is 6.05. The van der Waals surface area contributed by atoms with Gasteiger partial charge < -0.3 is 14.3 Å². The van der Waals surface area contributed by atoms with Gasteiger partial charge in [-0.05, 0) is 37.5 Å². The van der Waals surface area contributed by atoms with Crippen LogP contribution in [0.2, 0.25) is 0 Å². The molecule has 3 nitrogen and oxygen atoms in total. The van der Waals surface area contributed by atoms with Crippen molar-refractivity contribution in [1.29, 1.82) is 0 Å². The molecule has 0 aliphatic carbocycles. The lowest BCUT2D eigenvalue weighted by atomic mass is 10.1. The first-order valence-corrected chi connectivity index (χ1v) is 8.04. The third-order valence-electron chi connectivity index (χ3n) is 4.09. The van der Waals surface area contributed by atoms with Crippen LogP contribution in [-0.4, -0.2) is 11.7 Å². The zero-order chi connectivity index (χ0) is 17.4. The molecule has 1 heterocycles. The molecule has 0 saturated carbocycles. The molecule has 1 aromatic heterocycles. The maximum absolute atomic E-state index is 14.6. The Hall–Kier alpha value is -2.14. The molecule has 0 aliphatic rings. The first-order chi connectivity index (χ1) is 11.4. The van der Waals surface area contributed by atoms with Gasteiger partial charge in [0.1, 0.15) is 0 Å². The first-order valence-electron chi connectivity index (χ1n) is 8.04. The summed E-state index contributed by atoms with van der Waals surface area (Å²) in [6, 6.07) is 6.32. The van der Waals surface area contributed by atoms with Gasteiger partial charge in [-0.3, -0.25) is 0 Å². The predicted molar refractivity (Wildman–Crippen MR) is 89.2 cm³/mol. The van der Waals surface area contributed by atoms with E-state index in [2.05, 4.69) is 13.8 Å². The van der Waals surface area contributed by atoms with Crippen LogP contribution >= 0.6 is 0 Å². The third-order valence-corrected chi connectivity index (χ3v) is 4.09. The first kappa shape index (κ1) is 16.7. The number of benzene rings is 2. The molecule has 0 bridgehead atoms. The maximum Gasteiger partial charge on any atom is 0.208 e. The van der Waals surface area contributed by atoms with Gasteiger partial charge in [-0.1, -0.05) is 19.9 Å². The molecule has 24 heavy (non-hydrogen) atoms. The molecule has 0 aliphatic heterocycles. The number of fused-ring (bicyclic) bond motifs is 3. The van der Waals surface area contributed by atoms with Crippen molar-refractivity contribution in [2.75, 3.05) is 6.61 Å². The van der Waals surface area contributed by atoms with Gasteiger partial charge in [0.2, 0.25) is 5.82 Å². The van der Waals surface area contributed by atoms with Crippen molar-refractivity contribution in [1.82, 2.24) is 0 Å². The summed E-state index contributed by atoms with van der Waals surface area (Å²) in [6.45, 7) is 5.99. The Morgan fingerprint density at radius 1 is 1.00 bits per heavy atom. The largest absolute Gasteiger partial charge is 0.490 e. The summed E-state index contributed by atoms with van der Waals surface area (Å²) in [6.07, 6.45) is -0.161. The number of hydrogen-bond donors (Lipinski definition) is 1. The molecule has 128 valence electrons. The molecule has 0 saturated heterocycles. The molecule has 5 heteroatoms. The van der Waals surface area contributed by atoms with Crippen LogP contribution in [0.5, 0.6) is 5.75 Å². The Bertz CT molecular complexity index is 881. The van der Waals surface area contributed by atoms with Crippen molar-refractivity contribution in [2.24, 2.45) is 5.92 Å². The van der Waals surface area contributed by atoms with E-state index >= 15 is 0 Å². The number of hydrogen-bond acceptors (Lipinski definition) is 3. The number of ether oxygens (including phenoxy) is 1. The Morgan fingerprint density at radius 3 is 2.25 bits per heavy atom. The summed E-state index contributed by atoms with van der Waals surface area (Å²) in [7, 11) is 0. The molecule has 0 amide bonds. The Balaban J connectivity index is 2.08. The van der Waals surface area contributed by atoms with Crippen molar-refractivity contribution in [3.8, 4) is 5.75 Å². The Labute approximate surface area is 138 Å². The van der Waals surface area contributed by atoms with Crippen molar-refractivity contribution in [3.63, 3.8) is 0 Å². The highest BCUT2D eigenvalue weighted by Gasteiger charge is 2.20. The second-order valence-corrected chi connectivity index (χ2v) is 6.41. The highest BCUT2D eigenvalue weighted by Crippen LogP contribution is 2.37. The van der Waals surface area contributed by atoms with Crippen LogP contribution in [0, 0.1) is 17.6 Å². The third kappa shape index (κ3) is 2.84. The van der Waals surface area contributed by atoms with Gasteiger partial charge in [0, 0.05) is 16.3 Å². The minimum Gasteiger partial charge on any atom is -0.490 e. The predicted octanol–water partition coefficient (Wildman–Crippen LogP) is 5.34. The SMILES string of the molecule is CC(C)CCOc1ccc2c(oc3c(F)c([C@@H](C)O)ccc32)c1F. The quantitative estimate of drug-likeness (QED) is 0.684. The molecule has 1 atom stereocenters. The second-order valence-electron chi connectivity index (χ2n) is 6.41. The monoisotopic (exact) mass is 334 g/mol. The van der Waals surface area contributed by atoms with Crippen molar-refractivity contribution < 1.29 is 23.0 Å². The molecule has 2 aromatic carbocycles. The van der Waals surface area contributed by atoms with Gasteiger partial charge in [0.15, 0.2) is 22.7 Å². The number of aliphatic hydroxyl groups excluding tert-OH is 1. The van der Waals surface area contributed by atoms with E-state index < -0.39 is 17.7 Å². The zero-order valence-electron chi connectivity index (χ0n) is 13.9. The Morgan fingerprint density at radius 2 is 1.62 bits per heavy atom. The molecule has 0 radical (unpaired) electrons. The average molecular weight is 334 g/mol. The van der Waals surface area contributed by atoms with E-state index in [-0.39, 0.29) is 22.5 Å². The molecule has 0 unspecified atom stereocenters. The van der Waals surface area contributed by atoms with Crippen LogP contribution < -0.4 is 4.74 Å². The van der Waals surface area contributed by atoms with E-state index in [1.54, 1.807) is 12.1 Å². The average Bonchev–Trinajstić information content (AvgIpc) is 2.90. The summed E-state index contributed by atoms with van der Waals surface area (Å²) in [5.41, 5.74) is 0.0330. The normalized spacial score (nSPS) is 13.1. The van der Waals surface area contributed by atoms with Crippen molar-refractivity contribution >= 4 is 21.9 Å². The lowest BCUT2D eigenvalue weighted by molar-refractivity contribution is 0.194. The molecule has 3 aromatic rings. The minimum atomic E-state index is -0.970. The van der Waals surface area contributed by atoms with Crippen LogP contribution in [-0.2, 0) is 0 Å². The van der Waals surface area contributed by atoms with Crippen molar-refractivity contribution in [2.45, 2.75) is 33.3 Å². The van der Waals surface area contributed by atoms with E-state index in [0.717, 1.165) is 6.42 Å². The fraction of sp³-hybridized carbons (Fsp3) is 0.368. The summed E-state index contributed by atoms with van der Waals surface area (Å²) < 4.78 is 40.0. The smallest absolute Gasteiger partial charge is 0.208 e. The number of halogens is 2. The van der Waals surface area contributed by atoms with Crippen LogP contribution in [0.1, 0.15) is 38.9 Å². The fourth-order valence-corrected chi connectivity index (χ4v) is 2.67. The second kappa shape index (κ2) is 6.40. The van der Waals surface area contributed by atoms with E-state index in [4.69, 9.17) is 9.15 Å². The number of rotatable bonds is 5. The van der Waals surface area contributed by atoms with Gasteiger partial charge in [0.25, 0.3) is 0 Å². The van der Waals surface area contributed by atoms with Crippen LogP contribution in [0.3, 0.4) is 0 Å². The van der Waals surface area contributed by atoms with E-state index in [9.17, 15) is 13.9 Å². The van der Waals surface area contributed by atoms with Crippen molar-refractivity contribution in [3.05, 3.63) is 41.5 Å². The molecular formula is C19H20F2O3. The van der Waals surface area contributed by atoms with Gasteiger partial charge in [-0.25, -0.2) is 4.39 Å². The summed E-state index contributed by atoms with van der Waals surface area (Å²) in [5.74, 6) is -0.750. The lowest BCUT2D eigenvalue weighted by Crippen LogP contribution is -2.02. The summed E-state index contributed by atoms with van der Waals surface area (Å²) in [5, 5.41) is 10.6. The van der Waals surface area contributed by atoms with E-state index in [1.165, 1.54) is 19.1 Å². The van der Waals surface area contributed by atoms with Crippen LogP contribution in [0.4, 0.5) is 8.78 Å². The number of furan rings is 1. The topological polar surface area (TPSA) is 42.6 Å². The highest BCUT2D eigenvalue weighted by atomic mass is 19.1. The van der Waals surface area contributed by atoms with E-state index in [1.807, 2.05) is 0 Å². The van der Waals surface area contributed by atoms with Gasteiger partial charge in [0.05, 0.1) is 12.7 Å². The van der Waals surface area contributed by atoms with Crippen LogP contribution in [0.25, 0.3) is 21.9 Å². The number of aliphatic hydroxyl groups is 1.